The fourth-order valence-electron chi connectivity index (χ4n) is 2.27. The Labute approximate surface area is 91.9 Å². The Hall–Kier alpha value is -0.860. The van der Waals surface area contributed by atoms with Crippen molar-refractivity contribution in [1.82, 2.24) is 4.90 Å². The average molecular weight is 205 g/mol. The summed E-state index contributed by atoms with van der Waals surface area (Å²) in [5.74, 6) is 0.735. The molecule has 0 aliphatic carbocycles. The smallest absolute Gasteiger partial charge is 0.0503 e. The summed E-state index contributed by atoms with van der Waals surface area (Å²) in [6, 6.07) is 10.7. The Morgan fingerprint density at radius 1 is 1.33 bits per heavy atom. The van der Waals surface area contributed by atoms with E-state index in [2.05, 4.69) is 35.2 Å². The predicted molar refractivity (Wildman–Crippen MR) is 61.7 cm³/mol. The maximum absolute atomic E-state index is 5.20. The summed E-state index contributed by atoms with van der Waals surface area (Å²) < 4.78 is 5.20. The van der Waals surface area contributed by atoms with Crippen molar-refractivity contribution < 1.29 is 4.74 Å². The summed E-state index contributed by atoms with van der Waals surface area (Å²) in [6.45, 7) is 4.39. The van der Waals surface area contributed by atoms with Gasteiger partial charge in [0.25, 0.3) is 0 Å². The third-order valence-corrected chi connectivity index (χ3v) is 3.02. The Balaban J connectivity index is 1.82. The van der Waals surface area contributed by atoms with E-state index in [4.69, 9.17) is 4.74 Å². The van der Waals surface area contributed by atoms with Crippen LogP contribution in [0.4, 0.5) is 0 Å². The molecular formula is C13H19NO. The van der Waals surface area contributed by atoms with Crippen LogP contribution in [-0.4, -0.2) is 31.7 Å². The number of hydrogen-bond donors (Lipinski definition) is 0. The van der Waals surface area contributed by atoms with Gasteiger partial charge < -0.3 is 4.74 Å². The lowest BCUT2D eigenvalue weighted by Gasteiger charge is -2.15. The highest BCUT2D eigenvalue weighted by molar-refractivity contribution is 5.14. The monoisotopic (exact) mass is 205 g/mol. The topological polar surface area (TPSA) is 12.5 Å². The zero-order chi connectivity index (χ0) is 10.5. The van der Waals surface area contributed by atoms with Crippen LogP contribution in [0.3, 0.4) is 0 Å². The van der Waals surface area contributed by atoms with Crippen LogP contribution in [0.1, 0.15) is 12.0 Å². The normalized spacial score (nSPS) is 22.1. The molecule has 2 nitrogen and oxygen atoms in total. The molecule has 15 heavy (non-hydrogen) atoms. The maximum atomic E-state index is 5.20. The van der Waals surface area contributed by atoms with Gasteiger partial charge in [0.15, 0.2) is 0 Å². The molecule has 0 N–H and O–H groups in total. The Kier molecular flexibility index (Phi) is 3.75. The molecule has 0 spiro atoms. The molecule has 0 amide bonds. The molecule has 0 radical (unpaired) electrons. The summed E-state index contributed by atoms with van der Waals surface area (Å²) in [6.07, 6.45) is 1.28. The molecule has 2 heteroatoms. The van der Waals surface area contributed by atoms with Crippen molar-refractivity contribution in [3.63, 3.8) is 0 Å². The summed E-state index contributed by atoms with van der Waals surface area (Å²) in [5, 5.41) is 0. The fraction of sp³-hybridized carbons (Fsp3) is 0.538. The third kappa shape index (κ3) is 3.05. The van der Waals surface area contributed by atoms with E-state index < -0.39 is 0 Å². The Morgan fingerprint density at radius 3 is 2.87 bits per heavy atom. The first-order valence-electron chi connectivity index (χ1n) is 5.63. The number of hydrogen-bond acceptors (Lipinski definition) is 2. The zero-order valence-corrected chi connectivity index (χ0v) is 9.36. The quantitative estimate of drug-likeness (QED) is 0.747. The Bertz CT molecular complexity index is 286. The van der Waals surface area contributed by atoms with Crippen LogP contribution >= 0.6 is 0 Å². The molecule has 82 valence electrons. The standard InChI is InChI=1S/C13H19NO/c1-15-11-13-7-8-14(10-13)9-12-5-3-2-4-6-12/h2-6,13H,7-11H2,1H3. The minimum Gasteiger partial charge on any atom is -0.384 e. The largest absolute Gasteiger partial charge is 0.384 e. The molecule has 0 aromatic heterocycles. The van der Waals surface area contributed by atoms with Crippen molar-refractivity contribution in [3.8, 4) is 0 Å². The number of benzene rings is 1. The van der Waals surface area contributed by atoms with Gasteiger partial charge in [-0.2, -0.15) is 0 Å². The number of likely N-dealkylation sites (tertiary alicyclic amines) is 1. The lowest BCUT2D eigenvalue weighted by atomic mass is 10.1. The SMILES string of the molecule is COCC1CCN(Cc2ccccc2)C1. The molecule has 1 aromatic rings. The number of nitrogens with zero attached hydrogens (tertiary/aromatic N) is 1. The van der Waals surface area contributed by atoms with Gasteiger partial charge in [-0.15, -0.1) is 0 Å². The zero-order valence-electron chi connectivity index (χ0n) is 9.36. The molecule has 1 aliphatic rings. The summed E-state index contributed by atoms with van der Waals surface area (Å²) in [5.41, 5.74) is 1.41. The lowest BCUT2D eigenvalue weighted by molar-refractivity contribution is 0.152. The minimum absolute atomic E-state index is 0.735. The van der Waals surface area contributed by atoms with E-state index in [1.807, 2.05) is 0 Å². The summed E-state index contributed by atoms with van der Waals surface area (Å²) >= 11 is 0. The van der Waals surface area contributed by atoms with E-state index in [-0.39, 0.29) is 0 Å². The van der Waals surface area contributed by atoms with Gasteiger partial charge in [-0.05, 0) is 24.4 Å². The van der Waals surface area contributed by atoms with Crippen LogP contribution in [0.2, 0.25) is 0 Å². The van der Waals surface area contributed by atoms with Crippen molar-refractivity contribution in [2.75, 3.05) is 26.8 Å². The predicted octanol–water partition coefficient (Wildman–Crippen LogP) is 2.15. The highest BCUT2D eigenvalue weighted by atomic mass is 16.5. The van der Waals surface area contributed by atoms with Gasteiger partial charge in [0, 0.05) is 20.2 Å². The average Bonchev–Trinajstić information content (AvgIpc) is 2.68. The molecule has 1 unspecified atom stereocenters. The van der Waals surface area contributed by atoms with Crippen molar-refractivity contribution in [2.24, 2.45) is 5.92 Å². The van der Waals surface area contributed by atoms with E-state index in [0.717, 1.165) is 19.1 Å². The van der Waals surface area contributed by atoms with E-state index in [0.29, 0.717) is 0 Å². The van der Waals surface area contributed by atoms with Gasteiger partial charge in [0.2, 0.25) is 0 Å². The molecule has 1 aromatic carbocycles. The minimum atomic E-state index is 0.735. The second-order valence-electron chi connectivity index (χ2n) is 4.33. The van der Waals surface area contributed by atoms with E-state index in [1.54, 1.807) is 7.11 Å². The second kappa shape index (κ2) is 5.29. The van der Waals surface area contributed by atoms with Crippen LogP contribution in [0.5, 0.6) is 0 Å². The van der Waals surface area contributed by atoms with E-state index in [1.165, 1.54) is 25.1 Å². The van der Waals surface area contributed by atoms with E-state index in [9.17, 15) is 0 Å². The molecule has 1 fully saturated rings. The second-order valence-corrected chi connectivity index (χ2v) is 4.33. The first-order chi connectivity index (χ1) is 7.38. The first kappa shape index (κ1) is 10.7. The van der Waals surface area contributed by atoms with Crippen LogP contribution < -0.4 is 0 Å². The van der Waals surface area contributed by atoms with Crippen molar-refractivity contribution >= 4 is 0 Å². The number of ether oxygens (including phenoxy) is 1. The maximum Gasteiger partial charge on any atom is 0.0503 e. The Morgan fingerprint density at radius 2 is 2.13 bits per heavy atom. The number of rotatable bonds is 4. The van der Waals surface area contributed by atoms with Gasteiger partial charge in [-0.25, -0.2) is 0 Å². The molecule has 0 saturated carbocycles. The molecule has 1 heterocycles. The van der Waals surface area contributed by atoms with Gasteiger partial charge in [-0.3, -0.25) is 4.90 Å². The third-order valence-electron chi connectivity index (χ3n) is 3.02. The van der Waals surface area contributed by atoms with Gasteiger partial charge in [0.1, 0.15) is 0 Å². The summed E-state index contributed by atoms with van der Waals surface area (Å²) in [7, 11) is 1.79. The molecule has 2 rings (SSSR count). The van der Waals surface area contributed by atoms with Crippen molar-refractivity contribution in [2.45, 2.75) is 13.0 Å². The number of methoxy groups -OCH3 is 1. The van der Waals surface area contributed by atoms with Gasteiger partial charge >= 0.3 is 0 Å². The van der Waals surface area contributed by atoms with Crippen LogP contribution in [0, 0.1) is 5.92 Å². The highest BCUT2D eigenvalue weighted by Gasteiger charge is 2.21. The fourth-order valence-corrected chi connectivity index (χ4v) is 2.27. The van der Waals surface area contributed by atoms with Crippen LogP contribution in [-0.2, 0) is 11.3 Å². The van der Waals surface area contributed by atoms with Crippen molar-refractivity contribution in [3.05, 3.63) is 35.9 Å². The van der Waals surface area contributed by atoms with Crippen LogP contribution in [0.15, 0.2) is 30.3 Å². The molecular weight excluding hydrogens is 186 g/mol. The first-order valence-corrected chi connectivity index (χ1v) is 5.63. The van der Waals surface area contributed by atoms with Gasteiger partial charge in [0.05, 0.1) is 6.61 Å². The molecule has 0 bridgehead atoms. The molecule has 1 saturated heterocycles. The van der Waals surface area contributed by atoms with Crippen molar-refractivity contribution in [1.29, 1.82) is 0 Å². The molecule has 1 aliphatic heterocycles. The van der Waals surface area contributed by atoms with Crippen LogP contribution in [0.25, 0.3) is 0 Å². The highest BCUT2D eigenvalue weighted by Crippen LogP contribution is 2.18. The summed E-state index contributed by atoms with van der Waals surface area (Å²) in [4.78, 5) is 2.51. The lowest BCUT2D eigenvalue weighted by Crippen LogP contribution is -2.21. The van der Waals surface area contributed by atoms with E-state index >= 15 is 0 Å². The molecule has 1 atom stereocenters. The van der Waals surface area contributed by atoms with Gasteiger partial charge in [-0.1, -0.05) is 30.3 Å².